The highest BCUT2D eigenvalue weighted by Crippen LogP contribution is 2.60. The number of ether oxygens (including phenoxy) is 1. The zero-order chi connectivity index (χ0) is 22.1. The molecule has 176 valence electrons. The minimum Gasteiger partial charge on any atom is -0.493 e. The minimum absolute atomic E-state index is 0.0295. The molecule has 32 heavy (non-hydrogen) atoms. The molecular weight excluding hydrogens is 431 g/mol. The number of aliphatic hydroxyl groups is 1. The predicted octanol–water partition coefficient (Wildman–Crippen LogP) is 3.83. The summed E-state index contributed by atoms with van der Waals surface area (Å²) in [5.41, 5.74) is 1.10. The van der Waals surface area contributed by atoms with E-state index in [1.165, 1.54) is 48.9 Å². The largest absolute Gasteiger partial charge is 0.493 e. The van der Waals surface area contributed by atoms with E-state index in [1.807, 2.05) is 0 Å². The lowest BCUT2D eigenvalue weighted by Gasteiger charge is -2.56. The van der Waals surface area contributed by atoms with Crippen LogP contribution in [0.4, 0.5) is 4.39 Å². The van der Waals surface area contributed by atoms with E-state index in [2.05, 4.69) is 4.72 Å². The van der Waals surface area contributed by atoms with Gasteiger partial charge in [0.1, 0.15) is 17.8 Å². The summed E-state index contributed by atoms with van der Waals surface area (Å²) < 4.78 is 49.5. The van der Waals surface area contributed by atoms with Gasteiger partial charge in [0.05, 0.1) is 6.61 Å². The topological polar surface area (TPSA) is 78.9 Å². The summed E-state index contributed by atoms with van der Waals surface area (Å²) in [5.74, 6) is 2.74. The first-order valence-electron chi connectivity index (χ1n) is 12.2. The first-order chi connectivity index (χ1) is 15.3. The van der Waals surface area contributed by atoms with Gasteiger partial charge in [-0.1, -0.05) is 0 Å². The number of hydrogen-bond acceptors (Lipinski definition) is 4. The number of benzene rings is 1. The maximum absolute atomic E-state index is 15.0. The van der Waals surface area contributed by atoms with E-state index in [0.717, 1.165) is 42.6 Å². The van der Waals surface area contributed by atoms with E-state index in [9.17, 15) is 13.5 Å². The van der Waals surface area contributed by atoms with Gasteiger partial charge in [0.2, 0.25) is 0 Å². The van der Waals surface area contributed by atoms with E-state index in [4.69, 9.17) is 4.74 Å². The summed E-state index contributed by atoms with van der Waals surface area (Å²) in [6, 6.07) is 2.98. The fourth-order valence-corrected chi connectivity index (χ4v) is 8.44. The highest BCUT2D eigenvalue weighted by molar-refractivity contribution is 7.87. The molecule has 2 N–H and O–H groups in total. The number of halogens is 1. The summed E-state index contributed by atoms with van der Waals surface area (Å²) in [6.45, 7) is 1.49. The van der Waals surface area contributed by atoms with Gasteiger partial charge in [-0.25, -0.2) is 4.39 Å². The van der Waals surface area contributed by atoms with Crippen molar-refractivity contribution < 1.29 is 22.7 Å². The first-order valence-corrected chi connectivity index (χ1v) is 13.7. The number of nitrogens with one attached hydrogen (secondary N) is 1. The van der Waals surface area contributed by atoms with Gasteiger partial charge in [-0.15, -0.1) is 0 Å². The summed E-state index contributed by atoms with van der Waals surface area (Å²) >= 11 is 0. The number of rotatable bonds is 8. The molecule has 1 aromatic carbocycles. The monoisotopic (exact) mass is 464 g/mol. The molecule has 4 bridgehead atoms. The molecule has 6 aliphatic rings. The van der Waals surface area contributed by atoms with Crippen molar-refractivity contribution in [1.82, 2.24) is 9.03 Å². The Morgan fingerprint density at radius 3 is 2.28 bits per heavy atom. The zero-order valence-corrected chi connectivity index (χ0v) is 19.2. The average molecular weight is 465 g/mol. The van der Waals surface area contributed by atoms with Gasteiger partial charge in [-0.2, -0.15) is 17.4 Å². The number of aliphatic hydroxyl groups excluding tert-OH is 1. The zero-order valence-electron chi connectivity index (χ0n) is 18.4. The van der Waals surface area contributed by atoms with Gasteiger partial charge in [0, 0.05) is 30.1 Å². The Hall–Kier alpha value is -1.22. The van der Waals surface area contributed by atoms with E-state index < -0.39 is 22.3 Å². The molecule has 6 fully saturated rings. The SMILES string of the molecule is O=S(=O)(NC(O)c1cc(C2CC2)c(OCC23CC4CC(CC(C4)C2)C3)cc1F)N1CCC1. The fraction of sp³-hybridized carbons (Fsp3) is 0.750. The lowest BCUT2D eigenvalue weighted by Crippen LogP contribution is -2.49. The maximum Gasteiger partial charge on any atom is 0.281 e. The Morgan fingerprint density at radius 1 is 1.12 bits per heavy atom. The van der Waals surface area contributed by atoms with Gasteiger partial charge >= 0.3 is 0 Å². The first kappa shape index (κ1) is 21.3. The van der Waals surface area contributed by atoms with Crippen LogP contribution in [0.2, 0.25) is 0 Å². The predicted molar refractivity (Wildman–Crippen MR) is 118 cm³/mol. The second-order valence-electron chi connectivity index (χ2n) is 11.2. The van der Waals surface area contributed by atoms with E-state index in [1.54, 1.807) is 6.07 Å². The second-order valence-corrected chi connectivity index (χ2v) is 12.9. The van der Waals surface area contributed by atoms with Crippen molar-refractivity contribution >= 4 is 10.2 Å². The average Bonchev–Trinajstić information content (AvgIpc) is 3.48. The lowest BCUT2D eigenvalue weighted by molar-refractivity contribution is -0.0747. The number of nitrogens with zero attached hydrogens (tertiary/aromatic N) is 1. The summed E-state index contributed by atoms with van der Waals surface area (Å²) in [6.07, 6.45) is 9.02. The highest BCUT2D eigenvalue weighted by atomic mass is 32.2. The summed E-state index contributed by atoms with van der Waals surface area (Å²) in [4.78, 5) is 0. The van der Waals surface area contributed by atoms with Crippen LogP contribution < -0.4 is 9.46 Å². The van der Waals surface area contributed by atoms with Gasteiger partial charge in [0.15, 0.2) is 0 Å². The molecule has 0 aromatic heterocycles. The fourth-order valence-electron chi connectivity index (χ4n) is 7.14. The van der Waals surface area contributed by atoms with Crippen LogP contribution in [0.15, 0.2) is 12.1 Å². The molecule has 6 nitrogen and oxygen atoms in total. The van der Waals surface area contributed by atoms with E-state index in [-0.39, 0.29) is 11.0 Å². The van der Waals surface area contributed by atoms with Gasteiger partial charge in [0.25, 0.3) is 10.2 Å². The Morgan fingerprint density at radius 2 is 1.75 bits per heavy atom. The Bertz CT molecular complexity index is 970. The minimum atomic E-state index is -3.82. The molecule has 5 aliphatic carbocycles. The quantitative estimate of drug-likeness (QED) is 0.573. The molecule has 1 aromatic rings. The lowest BCUT2D eigenvalue weighted by atomic mass is 9.50. The van der Waals surface area contributed by atoms with Crippen molar-refractivity contribution in [2.75, 3.05) is 19.7 Å². The molecule has 5 saturated carbocycles. The molecule has 8 heteroatoms. The third-order valence-electron chi connectivity index (χ3n) is 8.56. The van der Waals surface area contributed by atoms with Crippen molar-refractivity contribution in [2.24, 2.45) is 23.2 Å². The molecule has 1 heterocycles. The van der Waals surface area contributed by atoms with Crippen LogP contribution in [-0.2, 0) is 10.2 Å². The summed E-state index contributed by atoms with van der Waals surface area (Å²) in [7, 11) is -3.82. The molecule has 1 saturated heterocycles. The molecule has 0 radical (unpaired) electrons. The number of hydrogen-bond donors (Lipinski definition) is 2. The van der Waals surface area contributed by atoms with Crippen LogP contribution in [-0.4, -0.2) is 37.5 Å². The van der Waals surface area contributed by atoms with Crippen LogP contribution in [0.25, 0.3) is 0 Å². The standard InChI is InChI=1S/C24H33FN2O4S/c25-21-10-22(31-14-24-11-15-6-16(12-24)8-17(7-15)13-24)19(18-2-3-18)9-20(21)23(28)26-32(29,30)27-4-1-5-27/h9-10,15-18,23,26,28H,1-8,11-14H2. The molecule has 0 spiro atoms. The van der Waals surface area contributed by atoms with Gasteiger partial charge < -0.3 is 9.84 Å². The Labute approximate surface area is 189 Å². The molecule has 1 unspecified atom stereocenters. The van der Waals surface area contributed by atoms with Crippen LogP contribution in [0.3, 0.4) is 0 Å². The summed E-state index contributed by atoms with van der Waals surface area (Å²) in [5, 5.41) is 10.5. The third kappa shape index (κ3) is 3.87. The van der Waals surface area contributed by atoms with Crippen LogP contribution in [0.1, 0.15) is 81.1 Å². The second kappa shape index (κ2) is 7.65. The van der Waals surface area contributed by atoms with E-state index >= 15 is 4.39 Å². The molecule has 0 amide bonds. The van der Waals surface area contributed by atoms with Crippen molar-refractivity contribution in [1.29, 1.82) is 0 Å². The Kier molecular flexibility index (Phi) is 5.10. The van der Waals surface area contributed by atoms with Crippen LogP contribution in [0.5, 0.6) is 5.75 Å². The molecular formula is C24H33FN2O4S. The smallest absolute Gasteiger partial charge is 0.281 e. The van der Waals surface area contributed by atoms with Crippen molar-refractivity contribution in [2.45, 2.75) is 69.9 Å². The van der Waals surface area contributed by atoms with Crippen molar-refractivity contribution in [3.63, 3.8) is 0 Å². The third-order valence-corrected chi connectivity index (χ3v) is 10.1. The maximum atomic E-state index is 15.0. The van der Waals surface area contributed by atoms with Gasteiger partial charge in [-0.05, 0) is 93.1 Å². The van der Waals surface area contributed by atoms with Crippen molar-refractivity contribution in [3.05, 3.63) is 29.1 Å². The normalized spacial score (nSPS) is 35.0. The van der Waals surface area contributed by atoms with Gasteiger partial charge in [-0.3, -0.25) is 0 Å². The van der Waals surface area contributed by atoms with Crippen molar-refractivity contribution in [3.8, 4) is 5.75 Å². The van der Waals surface area contributed by atoms with Crippen LogP contribution >= 0.6 is 0 Å². The van der Waals surface area contributed by atoms with Crippen LogP contribution in [0, 0.1) is 29.0 Å². The highest BCUT2D eigenvalue weighted by Gasteiger charge is 2.51. The Balaban J connectivity index is 1.21. The van der Waals surface area contributed by atoms with E-state index in [0.29, 0.717) is 31.4 Å². The molecule has 1 atom stereocenters. The molecule has 7 rings (SSSR count). The molecule has 1 aliphatic heterocycles.